The minimum atomic E-state index is 0.0650. The number of hydrogen-bond donors (Lipinski definition) is 0. The lowest BCUT2D eigenvalue weighted by atomic mass is 10.1. The van der Waals surface area contributed by atoms with E-state index >= 15 is 0 Å². The van der Waals surface area contributed by atoms with Crippen molar-refractivity contribution >= 4 is 11.5 Å². The number of ketones is 1. The molecule has 20 heavy (non-hydrogen) atoms. The molecule has 0 aliphatic rings. The maximum absolute atomic E-state index is 11.2. The summed E-state index contributed by atoms with van der Waals surface area (Å²) in [6, 6.07) is 15.4. The molecule has 2 rings (SSSR count). The largest absolute Gasteiger partial charge is 0.489 e. The van der Waals surface area contributed by atoms with Gasteiger partial charge in [-0.05, 0) is 48.9 Å². The van der Waals surface area contributed by atoms with Crippen molar-refractivity contribution in [3.63, 3.8) is 0 Å². The van der Waals surface area contributed by atoms with Crippen LogP contribution in [0.4, 0.5) is 5.69 Å². The van der Waals surface area contributed by atoms with Crippen molar-refractivity contribution in [2.45, 2.75) is 13.5 Å². The normalized spacial score (nSPS) is 10.2. The zero-order chi connectivity index (χ0) is 14.5. The first-order valence-electron chi connectivity index (χ1n) is 6.56. The highest BCUT2D eigenvalue weighted by Crippen LogP contribution is 2.17. The average Bonchev–Trinajstić information content (AvgIpc) is 2.46. The van der Waals surface area contributed by atoms with Gasteiger partial charge in [0.1, 0.15) is 12.4 Å². The van der Waals surface area contributed by atoms with Crippen molar-refractivity contribution in [2.24, 2.45) is 0 Å². The Hall–Kier alpha value is -2.29. The minimum Gasteiger partial charge on any atom is -0.489 e. The van der Waals surface area contributed by atoms with Crippen LogP contribution >= 0.6 is 0 Å². The van der Waals surface area contributed by atoms with Crippen molar-refractivity contribution in [1.82, 2.24) is 0 Å². The number of nitrogens with zero attached hydrogens (tertiary/aromatic N) is 1. The van der Waals surface area contributed by atoms with Crippen LogP contribution in [0.5, 0.6) is 5.75 Å². The second-order valence-corrected chi connectivity index (χ2v) is 4.93. The quantitative estimate of drug-likeness (QED) is 0.778. The summed E-state index contributed by atoms with van der Waals surface area (Å²) < 4.78 is 5.73. The molecule has 0 saturated heterocycles. The molecule has 0 spiro atoms. The Labute approximate surface area is 119 Å². The van der Waals surface area contributed by atoms with Crippen LogP contribution in [0, 0.1) is 0 Å². The van der Waals surface area contributed by atoms with E-state index in [-0.39, 0.29) is 5.78 Å². The number of carbonyl (C=O) groups excluding carboxylic acids is 1. The zero-order valence-corrected chi connectivity index (χ0v) is 12.1. The molecule has 0 atom stereocenters. The van der Waals surface area contributed by atoms with Crippen LogP contribution in [0.1, 0.15) is 22.8 Å². The third kappa shape index (κ3) is 3.60. The molecule has 0 fully saturated rings. The molecule has 3 heteroatoms. The molecular formula is C17H19NO2. The lowest BCUT2D eigenvalue weighted by Gasteiger charge is -2.14. The van der Waals surface area contributed by atoms with Crippen LogP contribution in [0.25, 0.3) is 0 Å². The van der Waals surface area contributed by atoms with E-state index in [0.29, 0.717) is 12.2 Å². The maximum atomic E-state index is 11.2. The summed E-state index contributed by atoms with van der Waals surface area (Å²) in [7, 11) is 4.03. The van der Waals surface area contributed by atoms with Crippen molar-refractivity contribution in [3.05, 3.63) is 59.7 Å². The Morgan fingerprint density at radius 2 is 1.80 bits per heavy atom. The summed E-state index contributed by atoms with van der Waals surface area (Å²) in [5.74, 6) is 0.834. The Kier molecular flexibility index (Phi) is 4.41. The molecule has 0 heterocycles. The first-order valence-corrected chi connectivity index (χ1v) is 6.56. The van der Waals surface area contributed by atoms with Crippen molar-refractivity contribution in [2.75, 3.05) is 19.0 Å². The van der Waals surface area contributed by atoms with E-state index < -0.39 is 0 Å². The summed E-state index contributed by atoms with van der Waals surface area (Å²) in [4.78, 5) is 13.3. The van der Waals surface area contributed by atoms with E-state index in [0.717, 1.165) is 17.0 Å². The predicted molar refractivity (Wildman–Crippen MR) is 81.5 cm³/mol. The van der Waals surface area contributed by atoms with Gasteiger partial charge < -0.3 is 9.64 Å². The highest BCUT2D eigenvalue weighted by atomic mass is 16.5. The van der Waals surface area contributed by atoms with Crippen LogP contribution in [0.2, 0.25) is 0 Å². The van der Waals surface area contributed by atoms with Crippen molar-refractivity contribution < 1.29 is 9.53 Å². The van der Waals surface area contributed by atoms with E-state index in [9.17, 15) is 4.79 Å². The number of ether oxygens (including phenoxy) is 1. The fourth-order valence-electron chi connectivity index (χ4n) is 1.88. The number of anilines is 1. The SMILES string of the molecule is CC(=O)c1ccc(OCc2cccc(N(C)C)c2)cc1. The smallest absolute Gasteiger partial charge is 0.159 e. The Balaban J connectivity index is 2.01. The topological polar surface area (TPSA) is 29.5 Å². The maximum Gasteiger partial charge on any atom is 0.159 e. The van der Waals surface area contributed by atoms with E-state index in [1.165, 1.54) is 0 Å². The lowest BCUT2D eigenvalue weighted by molar-refractivity contribution is 0.101. The van der Waals surface area contributed by atoms with Gasteiger partial charge in [0.25, 0.3) is 0 Å². The molecule has 0 radical (unpaired) electrons. The molecule has 0 aliphatic heterocycles. The van der Waals surface area contributed by atoms with Gasteiger partial charge in [0, 0.05) is 25.3 Å². The van der Waals surface area contributed by atoms with Gasteiger partial charge in [0.2, 0.25) is 0 Å². The summed E-state index contributed by atoms with van der Waals surface area (Å²) in [6.45, 7) is 2.07. The van der Waals surface area contributed by atoms with Gasteiger partial charge in [-0.15, -0.1) is 0 Å². The Morgan fingerprint density at radius 3 is 2.40 bits per heavy atom. The lowest BCUT2D eigenvalue weighted by Crippen LogP contribution is -2.09. The molecule has 0 saturated carbocycles. The molecule has 0 N–H and O–H groups in total. The molecule has 3 nitrogen and oxygen atoms in total. The van der Waals surface area contributed by atoms with E-state index in [1.54, 1.807) is 19.1 Å². The summed E-state index contributed by atoms with van der Waals surface area (Å²) in [6.07, 6.45) is 0. The molecule has 0 unspecified atom stereocenters. The van der Waals surface area contributed by atoms with Gasteiger partial charge >= 0.3 is 0 Å². The van der Waals surface area contributed by atoms with Crippen molar-refractivity contribution in [1.29, 1.82) is 0 Å². The fraction of sp³-hybridized carbons (Fsp3) is 0.235. The zero-order valence-electron chi connectivity index (χ0n) is 12.1. The van der Waals surface area contributed by atoms with Crippen LogP contribution in [-0.4, -0.2) is 19.9 Å². The van der Waals surface area contributed by atoms with Gasteiger partial charge in [0.15, 0.2) is 5.78 Å². The number of rotatable bonds is 5. The molecule has 0 bridgehead atoms. The molecule has 2 aromatic carbocycles. The third-order valence-corrected chi connectivity index (χ3v) is 3.09. The predicted octanol–water partition coefficient (Wildman–Crippen LogP) is 3.53. The molecule has 104 valence electrons. The highest BCUT2D eigenvalue weighted by Gasteiger charge is 2.01. The summed E-state index contributed by atoms with van der Waals surface area (Å²) >= 11 is 0. The number of carbonyl (C=O) groups is 1. The van der Waals surface area contributed by atoms with Gasteiger partial charge in [-0.1, -0.05) is 12.1 Å². The van der Waals surface area contributed by atoms with Gasteiger partial charge in [-0.2, -0.15) is 0 Å². The average molecular weight is 269 g/mol. The monoisotopic (exact) mass is 269 g/mol. The second kappa shape index (κ2) is 6.24. The highest BCUT2D eigenvalue weighted by molar-refractivity contribution is 5.94. The molecule has 0 amide bonds. The molecule has 0 aromatic heterocycles. The van der Waals surface area contributed by atoms with Crippen LogP contribution in [-0.2, 0) is 6.61 Å². The van der Waals surface area contributed by atoms with Gasteiger partial charge in [-0.25, -0.2) is 0 Å². The van der Waals surface area contributed by atoms with E-state index in [4.69, 9.17) is 4.74 Å². The van der Waals surface area contributed by atoms with Crippen LogP contribution < -0.4 is 9.64 Å². The second-order valence-electron chi connectivity index (χ2n) is 4.93. The third-order valence-electron chi connectivity index (χ3n) is 3.09. The standard InChI is InChI=1S/C17H19NO2/c1-13(19)15-7-9-17(10-8-15)20-12-14-5-4-6-16(11-14)18(2)3/h4-11H,12H2,1-3H3. The fourth-order valence-corrected chi connectivity index (χ4v) is 1.88. The first kappa shape index (κ1) is 14.1. The van der Waals surface area contributed by atoms with E-state index in [2.05, 4.69) is 17.0 Å². The Bertz CT molecular complexity index is 588. The molecule has 2 aromatic rings. The summed E-state index contributed by atoms with van der Waals surface area (Å²) in [5.41, 5.74) is 2.97. The number of Topliss-reactive ketones (excluding diaryl/α,β-unsaturated/α-hetero) is 1. The molecule has 0 aliphatic carbocycles. The summed E-state index contributed by atoms with van der Waals surface area (Å²) in [5, 5.41) is 0. The molecular weight excluding hydrogens is 250 g/mol. The number of hydrogen-bond acceptors (Lipinski definition) is 3. The van der Waals surface area contributed by atoms with Crippen LogP contribution in [0.15, 0.2) is 48.5 Å². The van der Waals surface area contributed by atoms with Gasteiger partial charge in [0.05, 0.1) is 0 Å². The minimum absolute atomic E-state index is 0.0650. The van der Waals surface area contributed by atoms with Gasteiger partial charge in [-0.3, -0.25) is 4.79 Å². The van der Waals surface area contributed by atoms with Crippen molar-refractivity contribution in [3.8, 4) is 5.75 Å². The number of benzene rings is 2. The van der Waals surface area contributed by atoms with Crippen LogP contribution in [0.3, 0.4) is 0 Å². The Morgan fingerprint density at radius 1 is 1.10 bits per heavy atom. The first-order chi connectivity index (χ1) is 9.56. The van der Waals surface area contributed by atoms with E-state index in [1.807, 2.05) is 38.4 Å².